The SMILES string of the molecule is CC(I)C(=O)OCCN(CCOC(=O)C(C)I)C(C)(C)C.CC(I)C(=O)OCCN(CCOC(=O)C(C)I)CCOC(=O)C(C)I.CCC(I)C(=O)OCCCN1CCS(=O)(=O)CC1.O=C(CCC(I)c1ccccc1)OCCN1CCOCC1.O=C(CCCI)OCCN1CCOCC1.O=C(CCI)OCCNCc1ccccc1. The fraction of sp³-hybridized carbons (Fsp3) is 0.731. The summed E-state index contributed by atoms with van der Waals surface area (Å²) in [6.07, 6.45) is 4.80. The summed E-state index contributed by atoms with van der Waals surface area (Å²) in [5.41, 5.74) is 2.42. The third-order valence-electron chi connectivity index (χ3n) is 16.5. The molecule has 0 radical (unpaired) electrons. The maximum absolute atomic E-state index is 11.8. The Morgan fingerprint density at radius 1 is 0.457 bits per heavy atom. The van der Waals surface area contributed by atoms with E-state index >= 15 is 0 Å². The quantitative estimate of drug-likeness (QED) is 0.0212. The first-order valence-electron chi connectivity index (χ1n) is 38.9. The number of esters is 9. The summed E-state index contributed by atoms with van der Waals surface area (Å²) in [6.45, 7) is 35.1. The Bertz CT molecular complexity index is 2980. The van der Waals surface area contributed by atoms with Crippen LogP contribution in [0, 0.1) is 0 Å². The summed E-state index contributed by atoms with van der Waals surface area (Å²) in [7, 11) is -2.80. The average molecular weight is 2670 g/mol. The molecule has 7 atom stereocenters. The maximum atomic E-state index is 11.8. The fourth-order valence-electron chi connectivity index (χ4n) is 9.59. The number of hydrogen-bond acceptors (Lipinski definition) is 28. The average Bonchev–Trinajstić information content (AvgIpc) is 0.885. The summed E-state index contributed by atoms with van der Waals surface area (Å²) >= 11 is 18.9. The molecule has 1 N–H and O–H groups in total. The zero-order valence-electron chi connectivity index (χ0n) is 68.6. The van der Waals surface area contributed by atoms with Crippen LogP contribution in [0.4, 0.5) is 0 Å². The largest absolute Gasteiger partial charge is 0.465 e. The zero-order chi connectivity index (χ0) is 87.1. The van der Waals surface area contributed by atoms with Gasteiger partial charge in [-0.05, 0) is 92.2 Å². The third-order valence-corrected chi connectivity index (χ3v) is 24.7. The third kappa shape index (κ3) is 65.5. The number of morpholine rings is 2. The van der Waals surface area contributed by atoms with Crippen LogP contribution in [0.1, 0.15) is 122 Å². The number of carbonyl (C=O) groups excluding carboxylic acids is 9. The normalized spacial score (nSPS) is 15.9. The van der Waals surface area contributed by atoms with Crippen molar-refractivity contribution in [2.75, 3.05) is 204 Å². The Balaban J connectivity index is 0.00000138. The first kappa shape index (κ1) is 116. The van der Waals surface area contributed by atoms with E-state index in [0.717, 1.165) is 113 Å². The Morgan fingerprint density at radius 2 is 0.836 bits per heavy atom. The lowest BCUT2D eigenvalue weighted by molar-refractivity contribution is -0.145. The molecule has 116 heavy (non-hydrogen) atoms. The van der Waals surface area contributed by atoms with Crippen molar-refractivity contribution in [1.29, 1.82) is 0 Å². The number of halogens is 9. The molecule has 0 amide bonds. The number of sulfone groups is 1. The lowest BCUT2D eigenvalue weighted by Crippen LogP contribution is -2.45. The molecule has 3 saturated heterocycles. The fourth-order valence-corrected chi connectivity index (χ4v) is 13.5. The molecule has 5 rings (SSSR count). The van der Waals surface area contributed by atoms with Gasteiger partial charge in [0.25, 0.3) is 0 Å². The molecule has 38 heteroatoms. The van der Waals surface area contributed by atoms with E-state index < -0.39 is 9.84 Å². The van der Waals surface area contributed by atoms with E-state index in [1.807, 2.05) is 161 Å². The van der Waals surface area contributed by atoms with Gasteiger partial charge in [0.05, 0.1) is 51.0 Å². The van der Waals surface area contributed by atoms with Crippen molar-refractivity contribution < 1.29 is 104 Å². The van der Waals surface area contributed by atoms with E-state index in [4.69, 9.17) is 52.1 Å². The Morgan fingerprint density at radius 3 is 1.23 bits per heavy atom. The van der Waals surface area contributed by atoms with Crippen molar-refractivity contribution in [3.05, 3.63) is 71.8 Å². The molecule has 3 aliphatic rings. The zero-order valence-corrected chi connectivity index (χ0v) is 88.9. The van der Waals surface area contributed by atoms with Crippen LogP contribution in [0.3, 0.4) is 0 Å². The molecule has 0 aromatic heterocycles. The van der Waals surface area contributed by atoms with Gasteiger partial charge >= 0.3 is 53.7 Å². The van der Waals surface area contributed by atoms with Gasteiger partial charge in [0, 0.05) is 136 Å². The molecule has 2 aromatic rings. The van der Waals surface area contributed by atoms with Crippen molar-refractivity contribution in [2.24, 2.45) is 0 Å². The highest BCUT2D eigenvalue weighted by Crippen LogP contribution is 2.28. The Hall–Kier alpha value is -0.130. The van der Waals surface area contributed by atoms with Gasteiger partial charge in [-0.25, -0.2) is 8.42 Å². The molecule has 3 fully saturated rings. The smallest absolute Gasteiger partial charge is 0.318 e. The van der Waals surface area contributed by atoms with E-state index in [1.54, 1.807) is 34.6 Å². The predicted molar refractivity (Wildman–Crippen MR) is 528 cm³/mol. The number of nitrogens with one attached hydrogen (secondary N) is 1. The topological polar surface area (TPSA) is 318 Å². The highest BCUT2D eigenvalue weighted by Gasteiger charge is 2.25. The number of carbonyl (C=O) groups is 9. The number of ether oxygens (including phenoxy) is 11. The van der Waals surface area contributed by atoms with Gasteiger partial charge in [-0.15, -0.1) is 0 Å². The molecule has 668 valence electrons. The van der Waals surface area contributed by atoms with Gasteiger partial charge in [0.15, 0.2) is 9.84 Å². The van der Waals surface area contributed by atoms with E-state index in [9.17, 15) is 51.6 Å². The Labute approximate surface area is 813 Å². The molecule has 0 aliphatic carbocycles. The summed E-state index contributed by atoms with van der Waals surface area (Å²) in [4.78, 5) is 113. The minimum absolute atomic E-state index is 0.0669. The second-order valence-corrected chi connectivity index (χ2v) is 44.0. The monoisotopic (exact) mass is 2670 g/mol. The van der Waals surface area contributed by atoms with Crippen LogP contribution < -0.4 is 5.32 Å². The van der Waals surface area contributed by atoms with Crippen molar-refractivity contribution >= 4 is 267 Å². The highest BCUT2D eigenvalue weighted by atomic mass is 127. The Kier molecular flexibility index (Phi) is 72.9. The van der Waals surface area contributed by atoms with Crippen LogP contribution in [0.2, 0.25) is 0 Å². The second-order valence-electron chi connectivity index (χ2n) is 27.2. The van der Waals surface area contributed by atoms with E-state index in [0.29, 0.717) is 115 Å². The standard InChI is InChI=1S/C16H22INO3.C15H24I3NO6.C14H25I2NO4.C12H16INO2.C11H20INO4S.C10H18INO3/c17-15(14-4-2-1-3-5-14)6-7-16(19)21-13-10-18-8-11-20-12-9-18;1-10(16)13(20)23-7-4-19(5-8-24-14(21)11(2)17)6-9-25-15(22)12(3)18;1-10(15)12(18)20-8-6-17(14(3,4)5)7-9-21-13(19)11(2)16;13-7-6-12(15)16-9-8-14-10-11-4-2-1-3-5-11;1-2-10(12)11(14)17-7-3-4-13-5-8-18(15,16)9-6-13;11-3-1-2-10(13)15-9-6-12-4-7-14-8-5-12/h1-5,15H,6-13H2;10-12H,4-9H2,1-3H3;10-11H,6-9H2,1-5H3;1-5,14H,6-10H2;10H,2-9H2,1H3;1-9H2. The molecule has 0 spiro atoms. The number of nitrogens with zero attached hydrogens (tertiary/aromatic N) is 5. The summed E-state index contributed by atoms with van der Waals surface area (Å²) in [5.74, 6) is -1.14. The number of hydrogen-bond donors (Lipinski definition) is 1. The van der Waals surface area contributed by atoms with E-state index in [1.165, 1.54) is 11.1 Å². The van der Waals surface area contributed by atoms with Crippen LogP contribution in [0.15, 0.2) is 60.7 Å². The summed E-state index contributed by atoms with van der Waals surface area (Å²) in [5, 5.41) is 3.22. The van der Waals surface area contributed by atoms with Gasteiger partial charge in [-0.2, -0.15) is 0 Å². The molecule has 2 aromatic carbocycles. The van der Waals surface area contributed by atoms with Gasteiger partial charge in [-0.3, -0.25) is 62.8 Å². The molecular formula is C78H125I9N6O22S. The lowest BCUT2D eigenvalue weighted by Gasteiger charge is -2.35. The lowest BCUT2D eigenvalue weighted by atomic mass is 10.1. The first-order valence-corrected chi connectivity index (χ1v) is 52.5. The van der Waals surface area contributed by atoms with Gasteiger partial charge in [-0.1, -0.05) is 271 Å². The predicted octanol–water partition coefficient (Wildman–Crippen LogP) is 12.1. The van der Waals surface area contributed by atoms with Gasteiger partial charge in [0.1, 0.15) is 76.4 Å². The summed E-state index contributed by atoms with van der Waals surface area (Å²) in [6, 6.07) is 20.4. The first-order chi connectivity index (χ1) is 55.0. The van der Waals surface area contributed by atoms with Gasteiger partial charge < -0.3 is 62.3 Å². The number of alkyl halides is 9. The molecule has 7 unspecified atom stereocenters. The van der Waals surface area contributed by atoms with Crippen LogP contribution in [-0.2, 0) is 112 Å². The van der Waals surface area contributed by atoms with Crippen molar-refractivity contribution in [2.45, 2.75) is 147 Å². The van der Waals surface area contributed by atoms with Crippen molar-refractivity contribution in [3.8, 4) is 0 Å². The van der Waals surface area contributed by atoms with E-state index in [2.05, 4.69) is 160 Å². The van der Waals surface area contributed by atoms with Crippen LogP contribution >= 0.6 is 203 Å². The highest BCUT2D eigenvalue weighted by molar-refractivity contribution is 14.1. The number of rotatable bonds is 46. The van der Waals surface area contributed by atoms with Crippen LogP contribution in [0.5, 0.6) is 0 Å². The van der Waals surface area contributed by atoms with Gasteiger partial charge in [0.2, 0.25) is 0 Å². The molecule has 0 bridgehead atoms. The molecule has 28 nitrogen and oxygen atoms in total. The summed E-state index contributed by atoms with van der Waals surface area (Å²) < 4.78 is 80.6. The number of benzene rings is 2. The minimum atomic E-state index is -2.80. The van der Waals surface area contributed by atoms with Crippen LogP contribution in [0.25, 0.3) is 0 Å². The second kappa shape index (κ2) is 73.0. The van der Waals surface area contributed by atoms with Crippen molar-refractivity contribution in [1.82, 2.24) is 29.8 Å². The van der Waals surface area contributed by atoms with Crippen LogP contribution in [-0.4, -0.2) is 320 Å². The minimum Gasteiger partial charge on any atom is -0.465 e. The van der Waals surface area contributed by atoms with Crippen molar-refractivity contribution in [3.63, 3.8) is 0 Å². The molecular weight excluding hydrogens is 2550 g/mol. The molecule has 3 heterocycles. The molecule has 3 aliphatic heterocycles. The van der Waals surface area contributed by atoms with E-state index in [-0.39, 0.29) is 114 Å². The maximum Gasteiger partial charge on any atom is 0.318 e. The molecule has 0 saturated carbocycles.